The molecule has 33 heavy (non-hydrogen) atoms. The Morgan fingerprint density at radius 1 is 1.00 bits per heavy atom. The van der Waals surface area contributed by atoms with Crippen LogP contribution in [0.3, 0.4) is 0 Å². The van der Waals surface area contributed by atoms with Gasteiger partial charge in [0.05, 0.1) is 5.69 Å². The lowest BCUT2D eigenvalue weighted by molar-refractivity contribution is -0.120. The van der Waals surface area contributed by atoms with Crippen LogP contribution >= 0.6 is 11.3 Å². The van der Waals surface area contributed by atoms with Crippen molar-refractivity contribution in [3.8, 4) is 0 Å². The number of imide groups is 1. The average molecular weight is 464 g/mol. The summed E-state index contributed by atoms with van der Waals surface area (Å²) >= 11 is 1.51. The lowest BCUT2D eigenvalue weighted by atomic mass is 10.2. The van der Waals surface area contributed by atoms with Crippen LogP contribution in [-0.2, 0) is 16.1 Å². The molecule has 0 aliphatic carbocycles. The summed E-state index contributed by atoms with van der Waals surface area (Å²) < 4.78 is 0. The first-order chi connectivity index (χ1) is 15.9. The largest absolute Gasteiger partial charge is 0.374 e. The van der Waals surface area contributed by atoms with Crippen LogP contribution < -0.4 is 21.0 Å². The van der Waals surface area contributed by atoms with Gasteiger partial charge in [0.2, 0.25) is 5.43 Å². The Morgan fingerprint density at radius 2 is 1.73 bits per heavy atom. The molecule has 10 heteroatoms. The molecule has 4 rings (SSSR count). The molecule has 0 atom stereocenters. The van der Waals surface area contributed by atoms with E-state index in [0.29, 0.717) is 12.2 Å². The third kappa shape index (κ3) is 4.28. The summed E-state index contributed by atoms with van der Waals surface area (Å²) in [5.74, 6) is -1.63. The van der Waals surface area contributed by atoms with Crippen LogP contribution in [0.25, 0.3) is 0 Å². The molecule has 0 bridgehead atoms. The molecule has 3 heterocycles. The highest BCUT2D eigenvalue weighted by Crippen LogP contribution is 2.27. The fourth-order valence-electron chi connectivity index (χ4n) is 3.32. The number of benzene rings is 1. The molecule has 0 fully saturated rings. The molecule has 1 aliphatic rings. The van der Waals surface area contributed by atoms with Gasteiger partial charge in [0.1, 0.15) is 22.6 Å². The van der Waals surface area contributed by atoms with E-state index in [4.69, 9.17) is 0 Å². The number of hydrogen-bond acceptors (Lipinski definition) is 7. The Balaban J connectivity index is 1.72. The van der Waals surface area contributed by atoms with Crippen LogP contribution in [0.1, 0.15) is 15.2 Å². The van der Waals surface area contributed by atoms with E-state index in [2.05, 4.69) is 15.6 Å². The molecule has 2 aromatic heterocycles. The highest BCUT2D eigenvalue weighted by atomic mass is 32.1. The summed E-state index contributed by atoms with van der Waals surface area (Å²) in [6.45, 7) is 0.329. The summed E-state index contributed by atoms with van der Waals surface area (Å²) in [4.78, 5) is 57.8. The number of anilines is 2. The van der Waals surface area contributed by atoms with E-state index in [1.807, 2.05) is 17.5 Å². The highest BCUT2D eigenvalue weighted by Gasteiger charge is 2.40. The second kappa shape index (κ2) is 9.13. The lowest BCUT2D eigenvalue weighted by Gasteiger charge is -2.15. The van der Waals surface area contributed by atoms with Crippen LogP contribution in [0.15, 0.2) is 76.4 Å². The fraction of sp³-hybridized carbons (Fsp3) is 0.130. The smallest absolute Gasteiger partial charge is 0.284 e. The number of amides is 3. The molecule has 0 radical (unpaired) electrons. The first kappa shape index (κ1) is 22.0. The van der Waals surface area contributed by atoms with Gasteiger partial charge < -0.3 is 20.5 Å². The Labute approximate surface area is 193 Å². The van der Waals surface area contributed by atoms with E-state index < -0.39 is 23.2 Å². The number of rotatable bonds is 7. The molecule has 9 nitrogen and oxygen atoms in total. The Hall–Kier alpha value is -4.18. The zero-order valence-corrected chi connectivity index (χ0v) is 18.7. The molecule has 0 saturated heterocycles. The van der Waals surface area contributed by atoms with E-state index in [1.54, 1.807) is 30.3 Å². The van der Waals surface area contributed by atoms with E-state index in [9.17, 15) is 19.2 Å². The number of hydrogen-bond donors (Lipinski definition) is 3. The van der Waals surface area contributed by atoms with Gasteiger partial charge >= 0.3 is 0 Å². The molecular weight excluding hydrogens is 442 g/mol. The molecule has 3 aromatic rings. The van der Waals surface area contributed by atoms with E-state index in [-0.39, 0.29) is 22.6 Å². The van der Waals surface area contributed by atoms with Crippen LogP contribution in [0, 0.1) is 0 Å². The summed E-state index contributed by atoms with van der Waals surface area (Å²) in [7, 11) is 3.07. The molecule has 168 valence electrons. The van der Waals surface area contributed by atoms with Crippen LogP contribution in [0.4, 0.5) is 11.4 Å². The number of H-pyrrole nitrogens is 1. The molecule has 1 aromatic carbocycles. The molecule has 1 aliphatic heterocycles. The lowest BCUT2D eigenvalue weighted by Crippen LogP contribution is -2.34. The maximum atomic E-state index is 13.3. The number of nitrogens with zero attached hydrogens (tertiary/aromatic N) is 2. The number of pyridine rings is 1. The van der Waals surface area contributed by atoms with Crippen molar-refractivity contribution in [1.29, 1.82) is 0 Å². The molecule has 0 unspecified atom stereocenters. The fourth-order valence-corrected chi connectivity index (χ4v) is 3.97. The number of para-hydroxylation sites is 1. The second-order valence-electron chi connectivity index (χ2n) is 7.40. The quantitative estimate of drug-likeness (QED) is 0.463. The van der Waals surface area contributed by atoms with Crippen molar-refractivity contribution in [3.05, 3.63) is 92.3 Å². The van der Waals surface area contributed by atoms with Gasteiger partial charge in [0.15, 0.2) is 0 Å². The summed E-state index contributed by atoms with van der Waals surface area (Å²) in [5, 5.41) is 7.75. The Kier molecular flexibility index (Phi) is 6.09. The van der Waals surface area contributed by atoms with Gasteiger partial charge in [-0.2, -0.15) is 0 Å². The zero-order valence-electron chi connectivity index (χ0n) is 17.9. The van der Waals surface area contributed by atoms with Crippen LogP contribution in [-0.4, -0.2) is 41.7 Å². The van der Waals surface area contributed by atoms with Crippen molar-refractivity contribution in [2.75, 3.05) is 24.3 Å². The zero-order chi connectivity index (χ0) is 23.5. The second-order valence-corrected chi connectivity index (χ2v) is 8.43. The number of nitrogens with one attached hydrogen (secondary N) is 3. The maximum absolute atomic E-state index is 13.3. The van der Waals surface area contributed by atoms with E-state index in [1.165, 1.54) is 42.7 Å². The van der Waals surface area contributed by atoms with Gasteiger partial charge in [-0.1, -0.05) is 24.3 Å². The summed E-state index contributed by atoms with van der Waals surface area (Å²) in [6, 6.07) is 12.3. The Morgan fingerprint density at radius 3 is 2.39 bits per heavy atom. The van der Waals surface area contributed by atoms with Crippen molar-refractivity contribution in [2.24, 2.45) is 0 Å². The van der Waals surface area contributed by atoms with Gasteiger partial charge in [-0.05, 0) is 23.6 Å². The van der Waals surface area contributed by atoms with Gasteiger partial charge in [-0.15, -0.1) is 11.3 Å². The summed E-state index contributed by atoms with van der Waals surface area (Å²) in [6.07, 6.45) is 2.65. The first-order valence-electron chi connectivity index (χ1n) is 10.0. The average Bonchev–Trinajstić information content (AvgIpc) is 3.40. The van der Waals surface area contributed by atoms with Gasteiger partial charge in [0, 0.05) is 37.9 Å². The Bertz CT molecular complexity index is 1300. The molecule has 3 amide bonds. The van der Waals surface area contributed by atoms with Crippen LogP contribution in [0.2, 0.25) is 0 Å². The van der Waals surface area contributed by atoms with Crippen molar-refractivity contribution < 1.29 is 14.4 Å². The van der Waals surface area contributed by atoms with Crippen molar-refractivity contribution in [1.82, 2.24) is 15.2 Å². The third-order valence-electron chi connectivity index (χ3n) is 4.96. The minimum absolute atomic E-state index is 0.0239. The predicted molar refractivity (Wildman–Crippen MR) is 126 cm³/mol. The van der Waals surface area contributed by atoms with Gasteiger partial charge in [-0.3, -0.25) is 19.2 Å². The van der Waals surface area contributed by atoms with Crippen molar-refractivity contribution in [3.63, 3.8) is 0 Å². The predicted octanol–water partition coefficient (Wildman–Crippen LogP) is 2.12. The standard InChI is InChI=1S/C23H21N5O4S/c1-27(2)21(30)16-12-24-13-17(20(16)29)26-19-18(25-11-15-9-6-10-33-15)22(31)28(23(19)32)14-7-4-3-5-8-14/h3-10,12-13,25-26H,11H2,1-2H3,(H,24,29). The topological polar surface area (TPSA) is 115 Å². The van der Waals surface area contributed by atoms with E-state index >= 15 is 0 Å². The number of thiophene rings is 1. The maximum Gasteiger partial charge on any atom is 0.284 e. The first-order valence-corrected chi connectivity index (χ1v) is 10.9. The molecule has 0 spiro atoms. The van der Waals surface area contributed by atoms with Gasteiger partial charge in [-0.25, -0.2) is 4.90 Å². The molecular formula is C23H21N5O4S. The highest BCUT2D eigenvalue weighted by molar-refractivity contribution is 7.09. The number of aromatic nitrogens is 1. The number of aromatic amines is 1. The van der Waals surface area contributed by atoms with Gasteiger partial charge in [0.25, 0.3) is 17.7 Å². The normalized spacial score (nSPS) is 13.5. The van der Waals surface area contributed by atoms with E-state index in [0.717, 1.165) is 9.78 Å². The molecule has 0 saturated carbocycles. The summed E-state index contributed by atoms with van der Waals surface area (Å²) in [5.41, 5.74) is -0.318. The number of carbonyl (C=O) groups excluding carboxylic acids is 3. The SMILES string of the molecule is CN(C)C(=O)c1c[nH]cc(NC2=C(NCc3cccs3)C(=O)N(c3ccccc3)C2=O)c1=O. The third-order valence-corrected chi connectivity index (χ3v) is 5.84. The van der Waals surface area contributed by atoms with Crippen molar-refractivity contribution >= 4 is 40.4 Å². The van der Waals surface area contributed by atoms with Crippen LogP contribution in [0.5, 0.6) is 0 Å². The minimum atomic E-state index is -0.608. The minimum Gasteiger partial charge on any atom is -0.374 e. The number of carbonyl (C=O) groups is 3. The van der Waals surface area contributed by atoms with Crippen molar-refractivity contribution in [2.45, 2.75) is 6.54 Å². The monoisotopic (exact) mass is 463 g/mol. The molecule has 3 N–H and O–H groups in total.